The van der Waals surface area contributed by atoms with Crippen LogP contribution >= 0.6 is 0 Å². The highest BCUT2D eigenvalue weighted by Crippen LogP contribution is 2.45. The quantitative estimate of drug-likeness (QED) is 0.486. The Bertz CT molecular complexity index is 1340. The maximum Gasteiger partial charge on any atom is 0.254 e. The number of dihydropyridines is 1. The van der Waals surface area contributed by atoms with Crippen LogP contribution in [0.1, 0.15) is 48.3 Å². The summed E-state index contributed by atoms with van der Waals surface area (Å²) in [7, 11) is 0. The van der Waals surface area contributed by atoms with Crippen molar-refractivity contribution < 1.29 is 14.0 Å². The van der Waals surface area contributed by atoms with E-state index in [-0.39, 0.29) is 23.4 Å². The fraction of sp³-hybridized carbons (Fsp3) is 0.200. The lowest BCUT2D eigenvalue weighted by molar-refractivity contribution is -0.116. The lowest BCUT2D eigenvalue weighted by atomic mass is 9.71. The first-order chi connectivity index (χ1) is 16.9. The van der Waals surface area contributed by atoms with E-state index in [9.17, 15) is 14.0 Å². The van der Waals surface area contributed by atoms with Crippen LogP contribution in [0.2, 0.25) is 0 Å². The molecule has 0 unspecified atom stereocenters. The lowest BCUT2D eigenvalue weighted by Crippen LogP contribution is -2.37. The van der Waals surface area contributed by atoms with Gasteiger partial charge in [-0.15, -0.1) is 0 Å². The zero-order chi connectivity index (χ0) is 24.5. The van der Waals surface area contributed by atoms with Gasteiger partial charge in [-0.25, -0.2) is 4.39 Å². The van der Waals surface area contributed by atoms with E-state index in [0.717, 1.165) is 28.1 Å². The summed E-state index contributed by atoms with van der Waals surface area (Å²) in [5.74, 6) is -1.01. The van der Waals surface area contributed by atoms with Gasteiger partial charge in [0, 0.05) is 40.6 Å². The molecule has 3 aromatic rings. The Morgan fingerprint density at radius 2 is 1.57 bits per heavy atom. The second-order valence-corrected chi connectivity index (χ2v) is 9.30. The maximum atomic E-state index is 13.6. The Hall–Kier alpha value is -3.99. The van der Waals surface area contributed by atoms with E-state index in [1.165, 1.54) is 24.3 Å². The van der Waals surface area contributed by atoms with Crippen LogP contribution in [-0.4, -0.2) is 11.7 Å². The monoisotopic (exact) mass is 466 g/mol. The van der Waals surface area contributed by atoms with E-state index in [2.05, 4.69) is 22.8 Å². The highest BCUT2D eigenvalue weighted by molar-refractivity contribution is 6.10. The smallest absolute Gasteiger partial charge is 0.254 e. The number of allylic oxidation sites excluding steroid dienone is 3. The highest BCUT2D eigenvalue weighted by Gasteiger charge is 2.40. The minimum atomic E-state index is -0.475. The molecule has 2 aliphatic rings. The molecular formula is C30H27FN2O2. The fourth-order valence-electron chi connectivity index (χ4n) is 5.12. The van der Waals surface area contributed by atoms with Gasteiger partial charge in [0.1, 0.15) is 5.82 Å². The zero-order valence-corrected chi connectivity index (χ0v) is 19.8. The molecule has 0 bridgehead atoms. The third-order valence-electron chi connectivity index (χ3n) is 6.86. The normalized spacial score (nSPS) is 19.8. The van der Waals surface area contributed by atoms with Crippen LogP contribution in [0.4, 0.5) is 10.1 Å². The van der Waals surface area contributed by atoms with Gasteiger partial charge in [0.05, 0.1) is 0 Å². The van der Waals surface area contributed by atoms with E-state index in [1.807, 2.05) is 56.3 Å². The van der Waals surface area contributed by atoms with E-state index in [4.69, 9.17) is 0 Å². The largest absolute Gasteiger partial charge is 0.362 e. The number of aryl methyl sites for hydroxylation is 1. The molecule has 2 atom stereocenters. The number of rotatable bonds is 4. The number of halogens is 1. The molecule has 0 spiro atoms. The first-order valence-electron chi connectivity index (χ1n) is 11.8. The van der Waals surface area contributed by atoms with Crippen molar-refractivity contribution in [2.75, 3.05) is 5.32 Å². The molecule has 0 fully saturated rings. The van der Waals surface area contributed by atoms with Crippen LogP contribution in [0.25, 0.3) is 0 Å². The summed E-state index contributed by atoms with van der Waals surface area (Å²) >= 11 is 0. The summed E-state index contributed by atoms with van der Waals surface area (Å²) in [5.41, 5.74) is 6.42. The molecule has 5 rings (SSSR count). The summed E-state index contributed by atoms with van der Waals surface area (Å²) in [6.07, 6.45) is 1.11. The summed E-state index contributed by atoms with van der Waals surface area (Å²) < 4.78 is 13.4. The number of Topliss-reactive ketones (excluding diaryl/α,β-unsaturated/α-hetero) is 1. The number of hydrogen-bond acceptors (Lipinski definition) is 3. The lowest BCUT2D eigenvalue weighted by Gasteiger charge is -2.37. The van der Waals surface area contributed by atoms with Crippen LogP contribution in [0.5, 0.6) is 0 Å². The van der Waals surface area contributed by atoms with Gasteiger partial charge >= 0.3 is 0 Å². The maximum absolute atomic E-state index is 13.6. The molecule has 1 amide bonds. The molecule has 0 saturated heterocycles. The predicted octanol–water partition coefficient (Wildman–Crippen LogP) is 6.13. The topological polar surface area (TPSA) is 58.2 Å². The molecule has 1 aliphatic carbocycles. The van der Waals surface area contributed by atoms with Crippen molar-refractivity contribution in [3.05, 3.63) is 124 Å². The van der Waals surface area contributed by atoms with Crippen LogP contribution < -0.4 is 10.6 Å². The number of ketones is 1. The van der Waals surface area contributed by atoms with Gasteiger partial charge in [-0.05, 0) is 61.6 Å². The summed E-state index contributed by atoms with van der Waals surface area (Å²) in [5, 5.41) is 6.29. The van der Waals surface area contributed by atoms with E-state index >= 15 is 0 Å². The molecule has 1 aliphatic heterocycles. The summed E-state index contributed by atoms with van der Waals surface area (Å²) in [4.78, 5) is 27.2. The Kier molecular flexibility index (Phi) is 6.08. The predicted molar refractivity (Wildman–Crippen MR) is 135 cm³/mol. The number of benzene rings is 3. The standard InChI is InChI=1S/C30H27FN2O2/c1-18-8-10-21(11-9-18)28-27(30(35)33-24-14-12-23(31)13-15-24)19(2)32-25-16-22(17-26(34)29(25)28)20-6-4-3-5-7-20/h3-15,22,28,32H,16-17H2,1-2H3,(H,33,35)/t22-,28-/m0/s1. The summed E-state index contributed by atoms with van der Waals surface area (Å²) in [6.45, 7) is 3.89. The highest BCUT2D eigenvalue weighted by atomic mass is 19.1. The number of anilines is 1. The van der Waals surface area contributed by atoms with Crippen molar-refractivity contribution in [1.82, 2.24) is 5.32 Å². The Morgan fingerprint density at radius 3 is 2.26 bits per heavy atom. The van der Waals surface area contributed by atoms with E-state index in [1.54, 1.807) is 0 Å². The van der Waals surface area contributed by atoms with Crippen molar-refractivity contribution in [3.63, 3.8) is 0 Å². The van der Waals surface area contributed by atoms with Crippen molar-refractivity contribution in [3.8, 4) is 0 Å². The number of carbonyl (C=O) groups is 2. The Labute approximate surface area is 204 Å². The SMILES string of the molecule is CC1=C(C(=O)Nc2ccc(F)cc2)[C@H](c2ccc(C)cc2)C2=C(C[C@H](c3ccccc3)CC2=O)N1. The number of nitrogens with one attached hydrogen (secondary N) is 2. The zero-order valence-electron chi connectivity index (χ0n) is 19.8. The second kappa shape index (κ2) is 9.34. The average molecular weight is 467 g/mol. The average Bonchev–Trinajstić information content (AvgIpc) is 2.85. The first-order valence-corrected chi connectivity index (χ1v) is 11.8. The Morgan fingerprint density at radius 1 is 0.886 bits per heavy atom. The number of hydrogen-bond donors (Lipinski definition) is 2. The third kappa shape index (κ3) is 4.54. The molecule has 176 valence electrons. The van der Waals surface area contributed by atoms with Gasteiger partial charge in [-0.2, -0.15) is 0 Å². The molecule has 0 aromatic heterocycles. The molecule has 2 N–H and O–H groups in total. The number of carbonyl (C=O) groups excluding carboxylic acids is 2. The second-order valence-electron chi connectivity index (χ2n) is 9.30. The van der Waals surface area contributed by atoms with Crippen LogP contribution in [0.3, 0.4) is 0 Å². The van der Waals surface area contributed by atoms with E-state index in [0.29, 0.717) is 29.7 Å². The molecule has 3 aromatic carbocycles. The van der Waals surface area contributed by atoms with Crippen LogP contribution in [0, 0.1) is 12.7 Å². The van der Waals surface area contributed by atoms with Gasteiger partial charge in [0.25, 0.3) is 5.91 Å². The fourth-order valence-corrected chi connectivity index (χ4v) is 5.12. The van der Waals surface area contributed by atoms with Crippen molar-refractivity contribution >= 4 is 17.4 Å². The molecule has 0 radical (unpaired) electrons. The van der Waals surface area contributed by atoms with Gasteiger partial charge in [-0.1, -0.05) is 60.2 Å². The van der Waals surface area contributed by atoms with Crippen LogP contribution in [-0.2, 0) is 9.59 Å². The molecule has 5 heteroatoms. The van der Waals surface area contributed by atoms with Crippen molar-refractivity contribution in [1.29, 1.82) is 0 Å². The molecule has 4 nitrogen and oxygen atoms in total. The Balaban J connectivity index is 1.55. The molecule has 35 heavy (non-hydrogen) atoms. The van der Waals surface area contributed by atoms with Gasteiger partial charge in [0.15, 0.2) is 5.78 Å². The minimum Gasteiger partial charge on any atom is -0.362 e. The van der Waals surface area contributed by atoms with Gasteiger partial charge in [-0.3, -0.25) is 9.59 Å². The molecular weight excluding hydrogens is 439 g/mol. The third-order valence-corrected chi connectivity index (χ3v) is 6.86. The van der Waals surface area contributed by atoms with Gasteiger partial charge < -0.3 is 10.6 Å². The molecule has 0 saturated carbocycles. The van der Waals surface area contributed by atoms with E-state index < -0.39 is 5.92 Å². The van der Waals surface area contributed by atoms with Gasteiger partial charge in [0.2, 0.25) is 0 Å². The first kappa shape index (κ1) is 22.8. The minimum absolute atomic E-state index is 0.0535. The summed E-state index contributed by atoms with van der Waals surface area (Å²) in [6, 6.07) is 23.8. The van der Waals surface area contributed by atoms with Crippen molar-refractivity contribution in [2.24, 2.45) is 0 Å². The molecule has 1 heterocycles. The van der Waals surface area contributed by atoms with Crippen molar-refractivity contribution in [2.45, 2.75) is 38.5 Å². The van der Waals surface area contributed by atoms with Crippen LogP contribution in [0.15, 0.2) is 101 Å². The number of amides is 1.